The predicted octanol–water partition coefficient (Wildman–Crippen LogP) is 1.90. The Morgan fingerprint density at radius 2 is 2.28 bits per heavy atom. The number of aromatic nitrogens is 2. The Labute approximate surface area is 108 Å². The molecular weight excluding hydrogens is 250 g/mol. The van der Waals surface area contributed by atoms with Crippen LogP contribution in [0.5, 0.6) is 5.75 Å². The lowest BCUT2D eigenvalue weighted by Crippen LogP contribution is -2.05. The largest absolute Gasteiger partial charge is 0.494 e. The first-order chi connectivity index (χ1) is 8.67. The summed E-state index contributed by atoms with van der Waals surface area (Å²) >= 11 is 1.33. The smallest absolute Gasteiger partial charge is 0.251 e. The molecule has 0 unspecified atom stereocenters. The molecule has 0 radical (unpaired) electrons. The van der Waals surface area contributed by atoms with Crippen molar-refractivity contribution in [1.82, 2.24) is 9.97 Å². The normalized spacial score (nSPS) is 10.3. The van der Waals surface area contributed by atoms with Crippen LogP contribution in [0.3, 0.4) is 0 Å². The maximum Gasteiger partial charge on any atom is 0.251 e. The summed E-state index contributed by atoms with van der Waals surface area (Å²) in [7, 11) is 0. The van der Waals surface area contributed by atoms with Gasteiger partial charge in [-0.05, 0) is 19.1 Å². The van der Waals surface area contributed by atoms with E-state index in [1.807, 2.05) is 13.0 Å². The van der Waals surface area contributed by atoms with Crippen LogP contribution in [0, 0.1) is 0 Å². The highest BCUT2D eigenvalue weighted by molar-refractivity contribution is 7.99. The van der Waals surface area contributed by atoms with E-state index in [0.717, 1.165) is 4.90 Å². The van der Waals surface area contributed by atoms with E-state index < -0.39 is 0 Å². The molecule has 0 saturated heterocycles. The van der Waals surface area contributed by atoms with Crippen molar-refractivity contribution in [2.45, 2.75) is 17.0 Å². The van der Waals surface area contributed by atoms with E-state index in [4.69, 9.17) is 10.5 Å². The zero-order chi connectivity index (χ0) is 13.0. The molecule has 0 aliphatic heterocycles. The zero-order valence-electron chi connectivity index (χ0n) is 9.84. The number of benzene rings is 1. The monoisotopic (exact) mass is 263 g/mol. The van der Waals surface area contributed by atoms with E-state index in [2.05, 4.69) is 9.97 Å². The van der Waals surface area contributed by atoms with E-state index in [0.29, 0.717) is 23.2 Å². The highest BCUT2D eigenvalue weighted by Crippen LogP contribution is 2.29. The third kappa shape index (κ3) is 3.27. The van der Waals surface area contributed by atoms with Gasteiger partial charge >= 0.3 is 0 Å². The SMILES string of the molecule is CCOc1cc(N)cc(Sc2nccc(=O)[nH]2)c1. The van der Waals surface area contributed by atoms with Gasteiger partial charge in [-0.25, -0.2) is 4.98 Å². The van der Waals surface area contributed by atoms with Gasteiger partial charge in [0.2, 0.25) is 0 Å². The third-order valence-electron chi connectivity index (χ3n) is 2.08. The number of nitrogens with zero attached hydrogens (tertiary/aromatic N) is 1. The van der Waals surface area contributed by atoms with Crippen molar-refractivity contribution in [2.75, 3.05) is 12.3 Å². The summed E-state index contributed by atoms with van der Waals surface area (Å²) in [5.41, 5.74) is 6.22. The fourth-order valence-corrected chi connectivity index (χ4v) is 2.28. The van der Waals surface area contributed by atoms with Gasteiger partial charge in [-0.3, -0.25) is 4.79 Å². The van der Waals surface area contributed by atoms with Crippen molar-refractivity contribution in [2.24, 2.45) is 0 Å². The topological polar surface area (TPSA) is 81.0 Å². The maximum absolute atomic E-state index is 11.2. The van der Waals surface area contributed by atoms with Gasteiger partial charge in [-0.2, -0.15) is 0 Å². The number of aromatic amines is 1. The van der Waals surface area contributed by atoms with Crippen molar-refractivity contribution < 1.29 is 4.74 Å². The minimum absolute atomic E-state index is 0.179. The molecule has 5 nitrogen and oxygen atoms in total. The zero-order valence-corrected chi connectivity index (χ0v) is 10.7. The fourth-order valence-electron chi connectivity index (χ4n) is 1.42. The quantitative estimate of drug-likeness (QED) is 0.650. The number of nitrogen functional groups attached to an aromatic ring is 1. The van der Waals surface area contributed by atoms with Gasteiger partial charge in [0, 0.05) is 28.9 Å². The number of H-pyrrole nitrogens is 1. The average molecular weight is 263 g/mol. The molecule has 18 heavy (non-hydrogen) atoms. The Morgan fingerprint density at radius 1 is 1.44 bits per heavy atom. The third-order valence-corrected chi connectivity index (χ3v) is 2.95. The predicted molar refractivity (Wildman–Crippen MR) is 71.0 cm³/mol. The molecule has 0 aliphatic carbocycles. The van der Waals surface area contributed by atoms with Crippen molar-refractivity contribution in [1.29, 1.82) is 0 Å². The van der Waals surface area contributed by atoms with Crippen LogP contribution in [0.2, 0.25) is 0 Å². The van der Waals surface area contributed by atoms with Gasteiger partial charge in [0.05, 0.1) is 6.61 Å². The first kappa shape index (κ1) is 12.5. The van der Waals surface area contributed by atoms with Gasteiger partial charge in [0.1, 0.15) is 5.75 Å². The van der Waals surface area contributed by atoms with E-state index in [-0.39, 0.29) is 5.56 Å². The molecule has 1 aromatic heterocycles. The molecule has 2 aromatic rings. The van der Waals surface area contributed by atoms with E-state index in [1.54, 1.807) is 12.1 Å². The molecule has 0 saturated carbocycles. The number of hydrogen-bond acceptors (Lipinski definition) is 5. The van der Waals surface area contributed by atoms with Crippen LogP contribution in [0.25, 0.3) is 0 Å². The van der Waals surface area contributed by atoms with Crippen LogP contribution in [0.1, 0.15) is 6.92 Å². The summed E-state index contributed by atoms with van der Waals surface area (Å²) in [6, 6.07) is 6.79. The average Bonchev–Trinajstić information content (AvgIpc) is 2.28. The highest BCUT2D eigenvalue weighted by Gasteiger charge is 2.03. The molecule has 1 aromatic carbocycles. The number of nitrogens with two attached hydrogens (primary N) is 1. The minimum atomic E-state index is -0.179. The lowest BCUT2D eigenvalue weighted by atomic mass is 10.3. The second kappa shape index (κ2) is 5.59. The van der Waals surface area contributed by atoms with Crippen molar-refractivity contribution in [3.63, 3.8) is 0 Å². The van der Waals surface area contributed by atoms with Crippen LogP contribution < -0.4 is 16.0 Å². The van der Waals surface area contributed by atoms with E-state index in [9.17, 15) is 4.79 Å². The molecule has 0 bridgehead atoms. The number of nitrogens with one attached hydrogen (secondary N) is 1. The van der Waals surface area contributed by atoms with Crippen LogP contribution >= 0.6 is 11.8 Å². The maximum atomic E-state index is 11.2. The number of anilines is 1. The molecule has 1 heterocycles. The molecule has 0 aliphatic rings. The van der Waals surface area contributed by atoms with Gasteiger partial charge in [0.15, 0.2) is 5.16 Å². The molecule has 0 atom stereocenters. The first-order valence-corrected chi connectivity index (χ1v) is 6.25. The van der Waals surface area contributed by atoms with E-state index in [1.165, 1.54) is 24.0 Å². The van der Waals surface area contributed by atoms with Gasteiger partial charge in [-0.1, -0.05) is 11.8 Å². The minimum Gasteiger partial charge on any atom is -0.494 e. The van der Waals surface area contributed by atoms with Crippen molar-refractivity contribution in [3.05, 3.63) is 40.8 Å². The second-order valence-corrected chi connectivity index (χ2v) is 4.57. The molecule has 0 fully saturated rings. The number of ether oxygens (including phenoxy) is 1. The summed E-state index contributed by atoms with van der Waals surface area (Å²) in [5, 5.41) is 0.524. The summed E-state index contributed by atoms with van der Waals surface area (Å²) in [6.07, 6.45) is 1.47. The standard InChI is InChI=1S/C12H13N3O2S/c1-2-17-9-5-8(13)6-10(7-9)18-12-14-4-3-11(16)15-12/h3-7H,2,13H2,1H3,(H,14,15,16). The molecular formula is C12H13N3O2S. The Morgan fingerprint density at radius 3 is 3.00 bits per heavy atom. The Hall–Kier alpha value is -1.95. The van der Waals surface area contributed by atoms with Gasteiger partial charge in [-0.15, -0.1) is 0 Å². The molecule has 0 amide bonds. The lowest BCUT2D eigenvalue weighted by Gasteiger charge is -2.07. The summed E-state index contributed by atoms with van der Waals surface area (Å²) < 4.78 is 5.40. The van der Waals surface area contributed by atoms with Crippen molar-refractivity contribution in [3.8, 4) is 5.75 Å². The van der Waals surface area contributed by atoms with Gasteiger partial charge in [0.25, 0.3) is 5.56 Å². The number of hydrogen-bond donors (Lipinski definition) is 2. The molecule has 6 heteroatoms. The van der Waals surface area contributed by atoms with Crippen LogP contribution in [-0.4, -0.2) is 16.6 Å². The van der Waals surface area contributed by atoms with Crippen LogP contribution in [-0.2, 0) is 0 Å². The number of rotatable bonds is 4. The summed E-state index contributed by atoms with van der Waals surface area (Å²) in [5.74, 6) is 0.707. The second-order valence-electron chi connectivity index (χ2n) is 3.51. The Kier molecular flexibility index (Phi) is 3.88. The highest BCUT2D eigenvalue weighted by atomic mass is 32.2. The fraction of sp³-hybridized carbons (Fsp3) is 0.167. The molecule has 2 rings (SSSR count). The van der Waals surface area contributed by atoms with Crippen molar-refractivity contribution >= 4 is 17.4 Å². The van der Waals surface area contributed by atoms with Gasteiger partial charge < -0.3 is 15.5 Å². The molecule has 0 spiro atoms. The van der Waals surface area contributed by atoms with E-state index >= 15 is 0 Å². The first-order valence-electron chi connectivity index (χ1n) is 5.44. The van der Waals surface area contributed by atoms with Crippen LogP contribution in [0.15, 0.2) is 45.3 Å². The lowest BCUT2D eigenvalue weighted by molar-refractivity contribution is 0.339. The Balaban J connectivity index is 2.25. The molecule has 94 valence electrons. The van der Waals surface area contributed by atoms with Crippen LogP contribution in [0.4, 0.5) is 5.69 Å². The summed E-state index contributed by atoms with van der Waals surface area (Å²) in [4.78, 5) is 18.7. The molecule has 3 N–H and O–H groups in total. The summed E-state index contributed by atoms with van der Waals surface area (Å²) in [6.45, 7) is 2.49. The Bertz CT molecular complexity index is 598.